The molecule has 0 aromatic carbocycles. The van der Waals surface area contributed by atoms with Crippen LogP contribution in [0.15, 0.2) is 11.1 Å². The molecule has 2 fully saturated rings. The van der Waals surface area contributed by atoms with Gasteiger partial charge in [0.25, 0.3) is 0 Å². The largest absolute Gasteiger partial charge is 0.379 e. The van der Waals surface area contributed by atoms with Gasteiger partial charge in [-0.3, -0.25) is 9.89 Å². The number of morpholine rings is 1. The molecule has 1 saturated carbocycles. The molecule has 1 aromatic heterocycles. The summed E-state index contributed by atoms with van der Waals surface area (Å²) in [5, 5.41) is 8.09. The van der Waals surface area contributed by atoms with Gasteiger partial charge in [-0.1, -0.05) is 42.5 Å². The number of aliphatic imine (C=N–C) groups is 1. The number of hydrogen-bond acceptors (Lipinski definition) is 3. The summed E-state index contributed by atoms with van der Waals surface area (Å²) >= 11 is 12.3. The Morgan fingerprint density at radius 3 is 2.43 bits per heavy atom. The average Bonchev–Trinajstić information content (AvgIpc) is 2.96. The molecule has 2 heterocycles. The van der Waals surface area contributed by atoms with Gasteiger partial charge in [0.1, 0.15) is 5.15 Å². The van der Waals surface area contributed by atoms with Crippen LogP contribution in [0.2, 0.25) is 10.2 Å². The first-order valence-corrected chi connectivity index (χ1v) is 10.6. The molecule has 0 radical (unpaired) electrons. The first-order valence-electron chi connectivity index (χ1n) is 9.83. The van der Waals surface area contributed by atoms with E-state index in [0.717, 1.165) is 44.5 Å². The lowest BCUT2D eigenvalue weighted by Crippen LogP contribution is -2.60. The van der Waals surface area contributed by atoms with E-state index in [1.54, 1.807) is 0 Å². The highest BCUT2D eigenvalue weighted by Crippen LogP contribution is 2.33. The summed E-state index contributed by atoms with van der Waals surface area (Å²) in [6.45, 7) is 5.24. The van der Waals surface area contributed by atoms with Crippen molar-refractivity contribution >= 4 is 53.1 Å². The van der Waals surface area contributed by atoms with Gasteiger partial charge < -0.3 is 19.9 Å². The lowest BCUT2D eigenvalue weighted by molar-refractivity contribution is -0.0352. The Balaban J connectivity index is 0.00000280. The SMILES string of the molecule is CN=C(NCc1cc(Cl)c(Cl)n1C)NCC1(N2CCOCC2)CCCCC1.I. The Morgan fingerprint density at radius 2 is 1.86 bits per heavy atom. The van der Waals surface area contributed by atoms with Crippen LogP contribution >= 0.6 is 47.2 Å². The van der Waals surface area contributed by atoms with Gasteiger partial charge in [-0.25, -0.2) is 0 Å². The fourth-order valence-electron chi connectivity index (χ4n) is 4.25. The fourth-order valence-corrected chi connectivity index (χ4v) is 4.67. The number of guanidine groups is 1. The van der Waals surface area contributed by atoms with Crippen LogP contribution in [-0.4, -0.2) is 60.9 Å². The van der Waals surface area contributed by atoms with Crippen molar-refractivity contribution in [1.82, 2.24) is 20.1 Å². The molecule has 2 N–H and O–H groups in total. The van der Waals surface area contributed by atoms with Gasteiger partial charge in [-0.05, 0) is 18.9 Å². The van der Waals surface area contributed by atoms with Gasteiger partial charge in [0.05, 0.1) is 24.8 Å². The molecule has 9 heteroatoms. The zero-order valence-corrected chi connectivity index (χ0v) is 20.6. The minimum atomic E-state index is 0. The zero-order chi connectivity index (χ0) is 19.3. The second-order valence-corrected chi connectivity index (χ2v) is 8.26. The van der Waals surface area contributed by atoms with E-state index in [2.05, 4.69) is 20.5 Å². The molecule has 0 atom stereocenters. The molecule has 1 aromatic rings. The molecule has 28 heavy (non-hydrogen) atoms. The van der Waals surface area contributed by atoms with Gasteiger partial charge in [0.15, 0.2) is 5.96 Å². The minimum absolute atomic E-state index is 0. The summed E-state index contributed by atoms with van der Waals surface area (Å²) in [5.74, 6) is 0.807. The summed E-state index contributed by atoms with van der Waals surface area (Å²) in [4.78, 5) is 7.03. The number of aromatic nitrogens is 1. The van der Waals surface area contributed by atoms with E-state index in [0.29, 0.717) is 16.7 Å². The van der Waals surface area contributed by atoms with Crippen molar-refractivity contribution < 1.29 is 4.74 Å². The topological polar surface area (TPSA) is 53.8 Å². The minimum Gasteiger partial charge on any atom is -0.379 e. The van der Waals surface area contributed by atoms with Crippen molar-refractivity contribution in [1.29, 1.82) is 0 Å². The van der Waals surface area contributed by atoms with E-state index in [4.69, 9.17) is 27.9 Å². The third-order valence-corrected chi connectivity index (χ3v) is 6.77. The van der Waals surface area contributed by atoms with E-state index in [-0.39, 0.29) is 29.5 Å². The molecule has 1 saturated heterocycles. The third-order valence-electron chi connectivity index (χ3n) is 5.93. The molecule has 0 amide bonds. The number of ether oxygens (including phenoxy) is 1. The lowest BCUT2D eigenvalue weighted by Gasteiger charge is -2.48. The predicted octanol–water partition coefficient (Wildman–Crippen LogP) is 3.65. The Bertz CT molecular complexity index is 655. The van der Waals surface area contributed by atoms with Crippen molar-refractivity contribution in [3.8, 4) is 0 Å². The molecule has 3 rings (SSSR count). The second-order valence-electron chi connectivity index (χ2n) is 7.50. The third kappa shape index (κ3) is 5.68. The highest BCUT2D eigenvalue weighted by Gasteiger charge is 2.38. The van der Waals surface area contributed by atoms with Gasteiger partial charge in [0, 0.05) is 45.0 Å². The molecule has 6 nitrogen and oxygen atoms in total. The maximum absolute atomic E-state index is 6.16. The molecular weight excluding hydrogens is 512 g/mol. The quantitative estimate of drug-likeness (QED) is 0.338. The van der Waals surface area contributed by atoms with Crippen molar-refractivity contribution in [2.75, 3.05) is 39.9 Å². The van der Waals surface area contributed by atoms with Crippen LogP contribution < -0.4 is 10.6 Å². The van der Waals surface area contributed by atoms with Crippen LogP contribution in [0.4, 0.5) is 0 Å². The Morgan fingerprint density at radius 1 is 1.18 bits per heavy atom. The average molecular weight is 544 g/mol. The van der Waals surface area contributed by atoms with Crippen LogP contribution in [0.25, 0.3) is 0 Å². The van der Waals surface area contributed by atoms with Gasteiger partial charge in [-0.2, -0.15) is 0 Å². The summed E-state index contributed by atoms with van der Waals surface area (Å²) in [6.07, 6.45) is 6.41. The van der Waals surface area contributed by atoms with Crippen LogP contribution in [0, 0.1) is 0 Å². The molecule has 2 aliphatic rings. The first-order chi connectivity index (χ1) is 13.1. The highest BCUT2D eigenvalue weighted by molar-refractivity contribution is 14.0. The fraction of sp³-hybridized carbons (Fsp3) is 0.737. The van der Waals surface area contributed by atoms with E-state index >= 15 is 0 Å². The number of nitrogens with one attached hydrogen (secondary N) is 2. The van der Waals surface area contributed by atoms with Gasteiger partial charge in [0.2, 0.25) is 0 Å². The Hall–Kier alpha value is -0.220. The van der Waals surface area contributed by atoms with E-state index in [1.807, 2.05) is 24.7 Å². The summed E-state index contributed by atoms with van der Waals surface area (Å²) in [6, 6.07) is 1.89. The number of nitrogens with zero attached hydrogens (tertiary/aromatic N) is 3. The van der Waals surface area contributed by atoms with Crippen molar-refractivity contribution in [2.24, 2.45) is 12.0 Å². The Labute approximate surface area is 195 Å². The zero-order valence-electron chi connectivity index (χ0n) is 16.8. The van der Waals surface area contributed by atoms with E-state index in [1.165, 1.54) is 32.1 Å². The smallest absolute Gasteiger partial charge is 0.191 e. The summed E-state index contributed by atoms with van der Waals surface area (Å²) in [5.41, 5.74) is 1.23. The maximum atomic E-state index is 6.16. The predicted molar refractivity (Wildman–Crippen MR) is 127 cm³/mol. The summed E-state index contributed by atoms with van der Waals surface area (Å²) < 4.78 is 7.46. The molecule has 1 aliphatic heterocycles. The molecule has 0 spiro atoms. The van der Waals surface area contributed by atoms with Crippen LogP contribution in [0.3, 0.4) is 0 Å². The Kier molecular flexibility index (Phi) is 9.66. The highest BCUT2D eigenvalue weighted by atomic mass is 127. The van der Waals surface area contributed by atoms with Crippen molar-refractivity contribution in [2.45, 2.75) is 44.2 Å². The summed E-state index contributed by atoms with van der Waals surface area (Å²) in [7, 11) is 3.72. The molecule has 1 aliphatic carbocycles. The maximum Gasteiger partial charge on any atom is 0.191 e. The van der Waals surface area contributed by atoms with Gasteiger partial charge in [-0.15, -0.1) is 24.0 Å². The van der Waals surface area contributed by atoms with Gasteiger partial charge >= 0.3 is 0 Å². The molecule has 0 bridgehead atoms. The monoisotopic (exact) mass is 543 g/mol. The first kappa shape index (κ1) is 24.1. The number of rotatable bonds is 5. The van der Waals surface area contributed by atoms with Crippen LogP contribution in [0.5, 0.6) is 0 Å². The second kappa shape index (κ2) is 11.2. The lowest BCUT2D eigenvalue weighted by atomic mass is 9.80. The number of halogens is 3. The van der Waals surface area contributed by atoms with Crippen LogP contribution in [-0.2, 0) is 18.3 Å². The van der Waals surface area contributed by atoms with Crippen molar-refractivity contribution in [3.05, 3.63) is 21.9 Å². The normalized spacial score (nSPS) is 20.5. The van der Waals surface area contributed by atoms with Crippen molar-refractivity contribution in [3.63, 3.8) is 0 Å². The molecule has 0 unspecified atom stereocenters. The van der Waals surface area contributed by atoms with Crippen LogP contribution in [0.1, 0.15) is 37.8 Å². The van der Waals surface area contributed by atoms with E-state index < -0.39 is 0 Å². The van der Waals surface area contributed by atoms with E-state index in [9.17, 15) is 0 Å². The molecular formula is C19H32Cl2IN5O. The standard InChI is InChI=1S/C19H31Cl2N5O.HI/c1-22-18(23-13-15-12-16(20)17(21)25(15)2)24-14-19(6-4-3-5-7-19)26-8-10-27-11-9-26;/h12H,3-11,13-14H2,1-2H3,(H2,22,23,24);1H. The molecule has 160 valence electrons. The number of hydrogen-bond donors (Lipinski definition) is 2.